The van der Waals surface area contributed by atoms with Gasteiger partial charge in [-0.25, -0.2) is 4.79 Å². The highest BCUT2D eigenvalue weighted by Gasteiger charge is 2.54. The number of amides is 1. The Kier molecular flexibility index (Phi) is 6.57. The molecule has 1 amide bonds. The summed E-state index contributed by atoms with van der Waals surface area (Å²) in [5, 5.41) is 2.23. The highest BCUT2D eigenvalue weighted by molar-refractivity contribution is 9.10. The topological polar surface area (TPSA) is 68.3 Å². The van der Waals surface area contributed by atoms with Gasteiger partial charge in [0.15, 0.2) is 5.76 Å². The molecule has 0 unspecified atom stereocenters. The van der Waals surface area contributed by atoms with Crippen LogP contribution in [0.1, 0.15) is 30.9 Å². The van der Waals surface area contributed by atoms with Gasteiger partial charge in [0.25, 0.3) is 5.91 Å². The third-order valence-electron chi connectivity index (χ3n) is 5.57. The van der Waals surface area contributed by atoms with E-state index >= 15 is 0 Å². The molecule has 0 atom stereocenters. The first-order chi connectivity index (χ1) is 13.7. The van der Waals surface area contributed by atoms with Gasteiger partial charge in [-0.15, -0.1) is 0 Å². The molecular formula is C20H24BrClN2O5. The number of halogens is 2. The Hall–Kier alpha value is -1.61. The van der Waals surface area contributed by atoms with Crippen LogP contribution < -0.4 is 0 Å². The number of hydroxylamine groups is 2. The number of aryl methyl sites for hydroxylation is 1. The Morgan fingerprint density at radius 2 is 1.97 bits per heavy atom. The van der Waals surface area contributed by atoms with Crippen molar-refractivity contribution in [3.8, 4) is 0 Å². The summed E-state index contributed by atoms with van der Waals surface area (Å²) in [5.41, 5.74) is 0.910. The van der Waals surface area contributed by atoms with Crippen LogP contribution in [0, 0.1) is 6.92 Å². The number of hydrogen-bond donors (Lipinski definition) is 0. The largest absolute Gasteiger partial charge is 0.513 e. The molecule has 7 nitrogen and oxygen atoms in total. The predicted molar refractivity (Wildman–Crippen MR) is 112 cm³/mol. The number of carbonyl (C=O) groups is 2. The summed E-state index contributed by atoms with van der Waals surface area (Å²) in [6, 6.07) is 3.60. The van der Waals surface area contributed by atoms with Gasteiger partial charge in [-0.3, -0.25) is 4.79 Å². The summed E-state index contributed by atoms with van der Waals surface area (Å²) in [7, 11) is 3.35. The second-order valence-electron chi connectivity index (χ2n) is 7.08. The number of piperidine rings is 1. The van der Waals surface area contributed by atoms with Gasteiger partial charge >= 0.3 is 6.16 Å². The van der Waals surface area contributed by atoms with Gasteiger partial charge in [-0.2, -0.15) is 5.06 Å². The zero-order valence-corrected chi connectivity index (χ0v) is 19.2. The molecule has 0 bridgehead atoms. The SMILES string of the molecule is CCOC(=O)OC1=C(c2c(C)cc(Br)cc2Cl)C(=O)N(C)C12CCN(OC)CC2. The summed E-state index contributed by atoms with van der Waals surface area (Å²) in [5.74, 6) is 0.0639. The van der Waals surface area contributed by atoms with Crippen LogP contribution in [0.25, 0.3) is 5.57 Å². The first-order valence-electron chi connectivity index (χ1n) is 9.37. The smallest absolute Gasteiger partial charge is 0.434 e. The van der Waals surface area contributed by atoms with Crippen molar-refractivity contribution in [2.75, 3.05) is 33.9 Å². The Bertz CT molecular complexity index is 841. The maximum atomic E-state index is 13.4. The van der Waals surface area contributed by atoms with Gasteiger partial charge in [0, 0.05) is 30.2 Å². The van der Waals surface area contributed by atoms with E-state index in [0.29, 0.717) is 47.8 Å². The first kappa shape index (κ1) is 22.1. The molecule has 0 aliphatic carbocycles. The average molecular weight is 488 g/mol. The maximum absolute atomic E-state index is 13.4. The fraction of sp³-hybridized carbons (Fsp3) is 0.500. The lowest BCUT2D eigenvalue weighted by Crippen LogP contribution is -2.53. The molecule has 29 heavy (non-hydrogen) atoms. The fourth-order valence-electron chi connectivity index (χ4n) is 4.06. The highest BCUT2D eigenvalue weighted by Crippen LogP contribution is 2.48. The summed E-state index contributed by atoms with van der Waals surface area (Å²) in [6.45, 7) is 4.92. The highest BCUT2D eigenvalue weighted by atomic mass is 79.9. The molecule has 9 heteroatoms. The summed E-state index contributed by atoms with van der Waals surface area (Å²) >= 11 is 9.95. The first-order valence-corrected chi connectivity index (χ1v) is 10.5. The summed E-state index contributed by atoms with van der Waals surface area (Å²) in [4.78, 5) is 32.6. The van der Waals surface area contributed by atoms with Crippen molar-refractivity contribution >= 4 is 45.2 Å². The molecule has 1 saturated heterocycles. The molecule has 1 fully saturated rings. The number of rotatable bonds is 4. The van der Waals surface area contributed by atoms with E-state index in [2.05, 4.69) is 15.9 Å². The van der Waals surface area contributed by atoms with E-state index in [1.54, 1.807) is 32.0 Å². The molecule has 2 aliphatic rings. The molecule has 3 rings (SSSR count). The third kappa shape index (κ3) is 3.91. The van der Waals surface area contributed by atoms with Crippen LogP contribution in [0.3, 0.4) is 0 Å². The predicted octanol–water partition coefficient (Wildman–Crippen LogP) is 4.16. The van der Waals surface area contributed by atoms with E-state index in [-0.39, 0.29) is 12.5 Å². The number of likely N-dealkylation sites (N-methyl/N-ethyl adjacent to an activating group) is 1. The molecule has 0 saturated carbocycles. The van der Waals surface area contributed by atoms with Crippen molar-refractivity contribution in [2.45, 2.75) is 32.2 Å². The monoisotopic (exact) mass is 486 g/mol. The Morgan fingerprint density at radius 3 is 2.52 bits per heavy atom. The second-order valence-corrected chi connectivity index (χ2v) is 8.40. The normalized spacial score (nSPS) is 19.2. The number of ether oxygens (including phenoxy) is 2. The number of nitrogens with zero attached hydrogens (tertiary/aromatic N) is 2. The van der Waals surface area contributed by atoms with Crippen LogP contribution in [0.4, 0.5) is 4.79 Å². The zero-order chi connectivity index (χ0) is 21.3. The molecule has 1 aromatic carbocycles. The lowest BCUT2D eigenvalue weighted by molar-refractivity contribution is -0.162. The molecule has 2 aliphatic heterocycles. The van der Waals surface area contributed by atoms with Crippen molar-refractivity contribution in [3.63, 3.8) is 0 Å². The van der Waals surface area contributed by atoms with E-state index in [1.807, 2.05) is 18.1 Å². The molecule has 1 spiro atoms. The minimum absolute atomic E-state index is 0.174. The fourth-order valence-corrected chi connectivity index (χ4v) is 5.13. The van der Waals surface area contributed by atoms with Gasteiger partial charge < -0.3 is 19.2 Å². The molecule has 1 aromatic rings. The van der Waals surface area contributed by atoms with E-state index in [1.165, 1.54) is 0 Å². The van der Waals surface area contributed by atoms with Gasteiger partial charge in [0.1, 0.15) is 5.54 Å². The summed E-state index contributed by atoms with van der Waals surface area (Å²) < 4.78 is 11.5. The lowest BCUT2D eigenvalue weighted by atomic mass is 9.85. The van der Waals surface area contributed by atoms with Crippen LogP contribution in [-0.4, -0.2) is 61.4 Å². The van der Waals surface area contributed by atoms with E-state index in [0.717, 1.165) is 10.0 Å². The van der Waals surface area contributed by atoms with Gasteiger partial charge in [0.2, 0.25) is 0 Å². The number of hydrogen-bond acceptors (Lipinski definition) is 6. The molecular weight excluding hydrogens is 464 g/mol. The van der Waals surface area contributed by atoms with Crippen LogP contribution in [0.2, 0.25) is 5.02 Å². The van der Waals surface area contributed by atoms with Crippen LogP contribution in [-0.2, 0) is 19.1 Å². The van der Waals surface area contributed by atoms with Crippen molar-refractivity contribution in [1.82, 2.24) is 9.96 Å². The van der Waals surface area contributed by atoms with Gasteiger partial charge in [0.05, 0.1) is 24.3 Å². The van der Waals surface area contributed by atoms with E-state index in [4.69, 9.17) is 25.9 Å². The van der Waals surface area contributed by atoms with Crippen LogP contribution in [0.15, 0.2) is 22.4 Å². The van der Waals surface area contributed by atoms with Crippen molar-refractivity contribution in [2.24, 2.45) is 0 Å². The Morgan fingerprint density at radius 1 is 1.31 bits per heavy atom. The van der Waals surface area contributed by atoms with Crippen molar-refractivity contribution in [3.05, 3.63) is 38.5 Å². The van der Waals surface area contributed by atoms with Crippen molar-refractivity contribution in [1.29, 1.82) is 0 Å². The lowest BCUT2D eigenvalue weighted by Gasteiger charge is -2.43. The minimum Gasteiger partial charge on any atom is -0.434 e. The molecule has 0 radical (unpaired) electrons. The van der Waals surface area contributed by atoms with Crippen molar-refractivity contribution < 1.29 is 23.9 Å². The maximum Gasteiger partial charge on any atom is 0.513 e. The minimum atomic E-state index is -0.831. The molecule has 0 aromatic heterocycles. The Labute approximate surface area is 183 Å². The standard InChI is InChI=1S/C20H24BrClN2O5/c1-5-28-19(26)29-17-16(15-12(2)10-13(21)11-14(15)22)18(25)23(3)20(17)6-8-24(27-4)9-7-20/h10-11H,5-9H2,1-4H3. The second kappa shape index (κ2) is 8.63. The average Bonchev–Trinajstić information content (AvgIpc) is 2.85. The van der Waals surface area contributed by atoms with Crippen LogP contribution in [0.5, 0.6) is 0 Å². The zero-order valence-electron chi connectivity index (χ0n) is 16.9. The number of benzene rings is 1. The summed E-state index contributed by atoms with van der Waals surface area (Å²) in [6.07, 6.45) is 0.269. The van der Waals surface area contributed by atoms with Gasteiger partial charge in [-0.05, 0) is 44.4 Å². The van der Waals surface area contributed by atoms with E-state index < -0.39 is 11.7 Å². The molecule has 158 valence electrons. The van der Waals surface area contributed by atoms with Gasteiger partial charge in [-0.1, -0.05) is 27.5 Å². The number of carbonyl (C=O) groups excluding carboxylic acids is 2. The Balaban J connectivity index is 2.18. The van der Waals surface area contributed by atoms with E-state index in [9.17, 15) is 9.59 Å². The quantitative estimate of drug-likeness (QED) is 0.594. The van der Waals surface area contributed by atoms with Crippen LogP contribution >= 0.6 is 27.5 Å². The molecule has 0 N–H and O–H groups in total. The molecule has 2 heterocycles. The third-order valence-corrected chi connectivity index (χ3v) is 6.32.